The fourth-order valence-corrected chi connectivity index (χ4v) is 1.74. The topological polar surface area (TPSA) is 34.1 Å². The normalized spacial score (nSPS) is 14.6. The number of pyridine rings is 1. The Hall–Kier alpha value is -1.00. The van der Waals surface area contributed by atoms with E-state index in [2.05, 4.69) is 17.2 Å². The lowest BCUT2D eigenvalue weighted by Crippen LogP contribution is -2.26. The molecule has 0 aliphatic carbocycles. The van der Waals surface area contributed by atoms with Crippen molar-refractivity contribution < 1.29 is 9.13 Å². The molecule has 0 aliphatic heterocycles. The van der Waals surface area contributed by atoms with Gasteiger partial charge in [0.25, 0.3) is 0 Å². The van der Waals surface area contributed by atoms with Crippen LogP contribution in [-0.4, -0.2) is 24.7 Å². The van der Waals surface area contributed by atoms with E-state index in [0.717, 1.165) is 19.4 Å². The fourth-order valence-electron chi connectivity index (χ4n) is 1.74. The third kappa shape index (κ3) is 4.40. The monoisotopic (exact) mass is 240 g/mol. The highest BCUT2D eigenvalue weighted by molar-refractivity contribution is 5.17. The molecule has 1 aromatic heterocycles. The minimum atomic E-state index is -0.260. The smallest absolute Gasteiger partial charge is 0.146 e. The maximum Gasteiger partial charge on any atom is 0.146 e. The van der Waals surface area contributed by atoms with Gasteiger partial charge in [0.05, 0.1) is 12.3 Å². The molecular weight excluding hydrogens is 219 g/mol. The van der Waals surface area contributed by atoms with Crippen molar-refractivity contribution in [3.63, 3.8) is 0 Å². The largest absolute Gasteiger partial charge is 0.382 e. The zero-order chi connectivity index (χ0) is 12.7. The van der Waals surface area contributed by atoms with Gasteiger partial charge in [-0.25, -0.2) is 4.39 Å². The van der Waals surface area contributed by atoms with Crippen molar-refractivity contribution in [3.8, 4) is 0 Å². The van der Waals surface area contributed by atoms with Crippen LogP contribution in [0.15, 0.2) is 18.5 Å². The molecule has 0 aromatic carbocycles. The first-order valence-corrected chi connectivity index (χ1v) is 6.04. The Morgan fingerprint density at radius 3 is 2.88 bits per heavy atom. The van der Waals surface area contributed by atoms with Gasteiger partial charge in [0.2, 0.25) is 0 Å². The lowest BCUT2D eigenvalue weighted by molar-refractivity contribution is 0.0999. The molecule has 2 atom stereocenters. The quantitative estimate of drug-likeness (QED) is 0.795. The van der Waals surface area contributed by atoms with E-state index >= 15 is 0 Å². The van der Waals surface area contributed by atoms with Gasteiger partial charge in [0.1, 0.15) is 5.82 Å². The Balaban J connectivity index is 2.78. The second-order valence-electron chi connectivity index (χ2n) is 4.19. The fraction of sp³-hybridized carbons (Fsp3) is 0.615. The highest BCUT2D eigenvalue weighted by Gasteiger charge is 2.17. The van der Waals surface area contributed by atoms with Crippen molar-refractivity contribution >= 4 is 0 Å². The highest BCUT2D eigenvalue weighted by Crippen LogP contribution is 2.21. The highest BCUT2D eigenvalue weighted by atomic mass is 19.1. The first kappa shape index (κ1) is 14.1. The summed E-state index contributed by atoms with van der Waals surface area (Å²) < 4.78 is 18.9. The third-order valence-corrected chi connectivity index (χ3v) is 2.79. The van der Waals surface area contributed by atoms with Gasteiger partial charge in [-0.05, 0) is 32.4 Å². The second kappa shape index (κ2) is 7.35. The lowest BCUT2D eigenvalue weighted by atomic mass is 10.0. The van der Waals surface area contributed by atoms with Gasteiger partial charge in [-0.2, -0.15) is 0 Å². The Kier molecular flexibility index (Phi) is 6.08. The Labute approximate surface area is 102 Å². The Morgan fingerprint density at radius 2 is 2.29 bits per heavy atom. The van der Waals surface area contributed by atoms with E-state index in [-0.39, 0.29) is 18.0 Å². The molecule has 1 heterocycles. The molecular formula is C13H21FN2O. The number of nitrogens with zero attached hydrogens (tertiary/aromatic N) is 1. The third-order valence-electron chi connectivity index (χ3n) is 2.79. The van der Waals surface area contributed by atoms with E-state index in [1.54, 1.807) is 19.4 Å². The maximum absolute atomic E-state index is 13.7. The first-order valence-electron chi connectivity index (χ1n) is 6.04. The molecule has 0 aliphatic rings. The van der Waals surface area contributed by atoms with E-state index in [0.29, 0.717) is 5.56 Å². The average molecular weight is 240 g/mol. The van der Waals surface area contributed by atoms with Gasteiger partial charge in [-0.1, -0.05) is 6.92 Å². The minimum absolute atomic E-state index is 0.0205. The molecule has 2 unspecified atom stereocenters. The van der Waals surface area contributed by atoms with Crippen LogP contribution in [0.2, 0.25) is 0 Å². The van der Waals surface area contributed by atoms with Crippen molar-refractivity contribution in [2.75, 3.05) is 13.7 Å². The molecule has 1 rings (SSSR count). The molecule has 4 heteroatoms. The molecule has 0 radical (unpaired) electrons. The molecule has 0 saturated carbocycles. The van der Waals surface area contributed by atoms with E-state index in [9.17, 15) is 4.39 Å². The lowest BCUT2D eigenvalue weighted by Gasteiger charge is -2.22. The van der Waals surface area contributed by atoms with Gasteiger partial charge >= 0.3 is 0 Å². The van der Waals surface area contributed by atoms with E-state index in [1.165, 1.54) is 6.20 Å². The molecule has 0 spiro atoms. The van der Waals surface area contributed by atoms with Gasteiger partial charge in [-0.3, -0.25) is 4.98 Å². The minimum Gasteiger partial charge on any atom is -0.382 e. The summed E-state index contributed by atoms with van der Waals surface area (Å²) in [6.07, 6.45) is 4.74. The van der Waals surface area contributed by atoms with Crippen LogP contribution in [0, 0.1) is 5.82 Å². The SMILES string of the molecule is CCCNC(CC(C)OC)c1ccncc1F. The number of methoxy groups -OCH3 is 1. The van der Waals surface area contributed by atoms with Crippen molar-refractivity contribution in [2.24, 2.45) is 0 Å². The summed E-state index contributed by atoms with van der Waals surface area (Å²) >= 11 is 0. The Bertz CT molecular complexity index is 333. The summed E-state index contributed by atoms with van der Waals surface area (Å²) in [5.41, 5.74) is 0.664. The Morgan fingerprint density at radius 1 is 1.53 bits per heavy atom. The summed E-state index contributed by atoms with van der Waals surface area (Å²) in [6.45, 7) is 4.94. The molecule has 1 aromatic rings. The molecule has 17 heavy (non-hydrogen) atoms. The number of hydrogen-bond acceptors (Lipinski definition) is 3. The second-order valence-corrected chi connectivity index (χ2v) is 4.19. The van der Waals surface area contributed by atoms with Crippen LogP contribution in [0.4, 0.5) is 4.39 Å². The summed E-state index contributed by atoms with van der Waals surface area (Å²) in [6, 6.07) is 1.71. The van der Waals surface area contributed by atoms with Crippen LogP contribution in [0.1, 0.15) is 38.3 Å². The number of halogens is 1. The van der Waals surface area contributed by atoms with Crippen molar-refractivity contribution in [2.45, 2.75) is 38.8 Å². The summed E-state index contributed by atoms with van der Waals surface area (Å²) in [7, 11) is 1.67. The van der Waals surface area contributed by atoms with Gasteiger partial charge in [0.15, 0.2) is 0 Å². The summed E-state index contributed by atoms with van der Waals surface area (Å²) in [5, 5.41) is 3.34. The van der Waals surface area contributed by atoms with Gasteiger partial charge < -0.3 is 10.1 Å². The predicted octanol–water partition coefficient (Wildman–Crippen LogP) is 2.69. The molecule has 3 nitrogen and oxygen atoms in total. The van der Waals surface area contributed by atoms with E-state index < -0.39 is 0 Å². The van der Waals surface area contributed by atoms with Crippen molar-refractivity contribution in [1.29, 1.82) is 0 Å². The maximum atomic E-state index is 13.7. The van der Waals surface area contributed by atoms with Gasteiger partial charge in [0, 0.05) is 24.9 Å². The van der Waals surface area contributed by atoms with Crippen LogP contribution in [0.25, 0.3) is 0 Å². The predicted molar refractivity (Wildman–Crippen MR) is 66.3 cm³/mol. The standard InChI is InChI=1S/C13H21FN2O/c1-4-6-16-13(8-10(2)17-3)11-5-7-15-9-12(11)14/h5,7,9-10,13,16H,4,6,8H2,1-3H3. The summed E-state index contributed by atoms with van der Waals surface area (Å²) in [4.78, 5) is 3.77. The van der Waals surface area contributed by atoms with E-state index in [1.807, 2.05) is 6.92 Å². The number of aromatic nitrogens is 1. The zero-order valence-electron chi connectivity index (χ0n) is 10.7. The molecule has 0 fully saturated rings. The number of hydrogen-bond donors (Lipinski definition) is 1. The van der Waals surface area contributed by atoms with Crippen molar-refractivity contribution in [3.05, 3.63) is 29.8 Å². The number of ether oxygens (including phenoxy) is 1. The molecule has 0 bridgehead atoms. The number of nitrogens with one attached hydrogen (secondary N) is 1. The van der Waals surface area contributed by atoms with Crippen LogP contribution >= 0.6 is 0 Å². The van der Waals surface area contributed by atoms with Gasteiger partial charge in [-0.15, -0.1) is 0 Å². The summed E-state index contributed by atoms with van der Waals surface area (Å²) in [5.74, 6) is -0.260. The molecule has 0 amide bonds. The first-order chi connectivity index (χ1) is 8.19. The van der Waals surface area contributed by atoms with Crippen LogP contribution in [0.5, 0.6) is 0 Å². The number of rotatable bonds is 7. The molecule has 96 valence electrons. The van der Waals surface area contributed by atoms with Crippen LogP contribution < -0.4 is 5.32 Å². The van der Waals surface area contributed by atoms with Crippen molar-refractivity contribution in [1.82, 2.24) is 10.3 Å². The van der Waals surface area contributed by atoms with Crippen LogP contribution in [-0.2, 0) is 4.74 Å². The average Bonchev–Trinajstić information content (AvgIpc) is 2.35. The zero-order valence-corrected chi connectivity index (χ0v) is 10.7. The van der Waals surface area contributed by atoms with Crippen LogP contribution in [0.3, 0.4) is 0 Å². The molecule has 1 N–H and O–H groups in total. The molecule has 0 saturated heterocycles. The van der Waals surface area contributed by atoms with E-state index in [4.69, 9.17) is 4.74 Å².